The summed E-state index contributed by atoms with van der Waals surface area (Å²) in [6.45, 7) is 1.79. The first-order chi connectivity index (χ1) is 6.65. The SMILES string of the molecule is CCOC(=O)C([O-])=C1C[C@@H]2C[C@H]2C1=O.[K+]. The number of carbonyl (C=O) groups is 2. The van der Waals surface area contributed by atoms with Crippen LogP contribution in [0.5, 0.6) is 0 Å². The summed E-state index contributed by atoms with van der Waals surface area (Å²) < 4.78 is 4.55. The van der Waals surface area contributed by atoms with E-state index in [2.05, 4.69) is 4.74 Å². The Morgan fingerprint density at radius 2 is 2.27 bits per heavy atom. The van der Waals surface area contributed by atoms with E-state index in [4.69, 9.17) is 0 Å². The van der Waals surface area contributed by atoms with E-state index in [0.717, 1.165) is 6.42 Å². The van der Waals surface area contributed by atoms with Gasteiger partial charge in [0.25, 0.3) is 0 Å². The molecule has 0 bridgehead atoms. The monoisotopic (exact) mass is 234 g/mol. The predicted octanol–water partition coefficient (Wildman–Crippen LogP) is -3.22. The summed E-state index contributed by atoms with van der Waals surface area (Å²) in [5.74, 6) is -1.39. The van der Waals surface area contributed by atoms with Crippen molar-refractivity contribution >= 4 is 11.8 Å². The molecule has 0 aromatic carbocycles. The van der Waals surface area contributed by atoms with Crippen LogP contribution in [-0.4, -0.2) is 18.4 Å². The number of fused-ring (bicyclic) bond motifs is 1. The Labute approximate surface area is 130 Å². The van der Waals surface area contributed by atoms with Gasteiger partial charge in [-0.25, -0.2) is 4.79 Å². The summed E-state index contributed by atoms with van der Waals surface area (Å²) in [5, 5.41) is 11.4. The molecule has 0 saturated heterocycles. The van der Waals surface area contributed by atoms with Gasteiger partial charge in [0, 0.05) is 5.92 Å². The molecule has 0 unspecified atom stereocenters. The third-order valence-electron chi connectivity index (χ3n) is 2.76. The van der Waals surface area contributed by atoms with Gasteiger partial charge in [-0.1, -0.05) is 0 Å². The van der Waals surface area contributed by atoms with Crippen LogP contribution in [0.25, 0.3) is 0 Å². The molecule has 2 aliphatic carbocycles. The fourth-order valence-corrected chi connectivity index (χ4v) is 1.91. The standard InChI is InChI=1S/C10H12O4.K/c1-2-14-10(13)9(12)7-4-5-3-6(5)8(7)11;/h5-6,12H,2-4H2,1H3;/q;+1/p-1/t5-,6+;/m0./s1. The Bertz CT molecular complexity index is 334. The summed E-state index contributed by atoms with van der Waals surface area (Å²) in [5.41, 5.74) is 0.157. The van der Waals surface area contributed by atoms with Crippen LogP contribution in [0.15, 0.2) is 11.3 Å². The molecule has 2 fully saturated rings. The molecule has 0 amide bonds. The second-order valence-corrected chi connectivity index (χ2v) is 3.70. The van der Waals surface area contributed by atoms with Gasteiger partial charge in [-0.15, -0.1) is 0 Å². The summed E-state index contributed by atoms with van der Waals surface area (Å²) in [6.07, 6.45) is 1.36. The van der Waals surface area contributed by atoms with Gasteiger partial charge in [0.2, 0.25) is 0 Å². The van der Waals surface area contributed by atoms with E-state index in [1.165, 1.54) is 0 Å². The third kappa shape index (κ3) is 2.53. The van der Waals surface area contributed by atoms with Gasteiger partial charge in [-0.2, -0.15) is 0 Å². The van der Waals surface area contributed by atoms with Crippen LogP contribution < -0.4 is 56.5 Å². The second-order valence-electron chi connectivity index (χ2n) is 3.70. The fourth-order valence-electron chi connectivity index (χ4n) is 1.91. The second kappa shape index (κ2) is 5.10. The molecule has 2 aliphatic rings. The van der Waals surface area contributed by atoms with Crippen molar-refractivity contribution in [3.05, 3.63) is 11.3 Å². The Kier molecular flexibility index (Phi) is 4.55. The Morgan fingerprint density at radius 3 is 2.73 bits per heavy atom. The average molecular weight is 234 g/mol. The zero-order valence-corrected chi connectivity index (χ0v) is 12.0. The minimum Gasteiger partial charge on any atom is -0.867 e. The van der Waals surface area contributed by atoms with Crippen LogP contribution in [-0.2, 0) is 14.3 Å². The molecular formula is C10H11KO4. The number of hydrogen-bond acceptors (Lipinski definition) is 4. The molecule has 2 rings (SSSR count). The number of Topliss-reactive ketones (excluding diaryl/α,β-unsaturated/α-hetero) is 1. The zero-order chi connectivity index (χ0) is 10.3. The van der Waals surface area contributed by atoms with Crippen LogP contribution >= 0.6 is 0 Å². The first-order valence-electron chi connectivity index (χ1n) is 4.76. The van der Waals surface area contributed by atoms with Crippen molar-refractivity contribution < 1.29 is 70.8 Å². The fraction of sp³-hybridized carbons (Fsp3) is 0.600. The molecule has 0 aliphatic heterocycles. The summed E-state index contributed by atoms with van der Waals surface area (Å²) in [7, 11) is 0. The number of allylic oxidation sites excluding steroid dienone is 1. The molecule has 5 heteroatoms. The number of ketones is 1. The Hall–Kier alpha value is 0.316. The number of hydrogen-bond donors (Lipinski definition) is 0. The van der Waals surface area contributed by atoms with Crippen LogP contribution in [0.2, 0.25) is 0 Å². The molecule has 15 heavy (non-hydrogen) atoms. The van der Waals surface area contributed by atoms with E-state index < -0.39 is 11.7 Å². The topological polar surface area (TPSA) is 66.4 Å². The number of rotatable bonds is 2. The molecule has 0 aromatic rings. The smallest absolute Gasteiger partial charge is 0.867 e. The number of carbonyl (C=O) groups excluding carboxylic acids is 2. The maximum absolute atomic E-state index is 11.4. The molecule has 0 N–H and O–H groups in total. The van der Waals surface area contributed by atoms with Gasteiger partial charge >= 0.3 is 57.4 Å². The summed E-state index contributed by atoms with van der Waals surface area (Å²) in [4.78, 5) is 22.5. The van der Waals surface area contributed by atoms with Gasteiger partial charge in [0.05, 0.1) is 6.61 Å². The van der Waals surface area contributed by atoms with E-state index in [1.54, 1.807) is 6.92 Å². The van der Waals surface area contributed by atoms with E-state index in [-0.39, 0.29) is 75.3 Å². The van der Waals surface area contributed by atoms with E-state index in [0.29, 0.717) is 12.3 Å². The van der Waals surface area contributed by atoms with Crippen molar-refractivity contribution in [2.24, 2.45) is 11.8 Å². The zero-order valence-electron chi connectivity index (χ0n) is 8.91. The number of ether oxygens (including phenoxy) is 1. The van der Waals surface area contributed by atoms with Crippen molar-refractivity contribution in [2.45, 2.75) is 19.8 Å². The quantitative estimate of drug-likeness (QED) is 0.218. The van der Waals surface area contributed by atoms with Crippen LogP contribution in [0.4, 0.5) is 0 Å². The first kappa shape index (κ1) is 13.4. The molecule has 0 radical (unpaired) electrons. The van der Waals surface area contributed by atoms with E-state index in [9.17, 15) is 14.7 Å². The molecular weight excluding hydrogens is 223 g/mol. The predicted molar refractivity (Wildman–Crippen MR) is 44.9 cm³/mol. The van der Waals surface area contributed by atoms with E-state index in [1.807, 2.05) is 0 Å². The van der Waals surface area contributed by atoms with Crippen molar-refractivity contribution in [3.63, 3.8) is 0 Å². The third-order valence-corrected chi connectivity index (χ3v) is 2.76. The van der Waals surface area contributed by atoms with Gasteiger partial charge in [-0.3, -0.25) is 4.79 Å². The minimum atomic E-state index is -0.892. The molecule has 0 spiro atoms. The molecule has 2 saturated carbocycles. The molecule has 2 atom stereocenters. The van der Waals surface area contributed by atoms with Crippen molar-refractivity contribution in [1.82, 2.24) is 0 Å². The van der Waals surface area contributed by atoms with Gasteiger partial charge in [0.1, 0.15) is 0 Å². The van der Waals surface area contributed by atoms with Crippen LogP contribution in [0, 0.1) is 11.8 Å². The normalized spacial score (nSPS) is 30.3. The molecule has 0 heterocycles. The van der Waals surface area contributed by atoms with Crippen molar-refractivity contribution in [2.75, 3.05) is 6.61 Å². The number of esters is 1. The average Bonchev–Trinajstić information content (AvgIpc) is 2.86. The van der Waals surface area contributed by atoms with Gasteiger partial charge < -0.3 is 9.84 Å². The summed E-state index contributed by atoms with van der Waals surface area (Å²) >= 11 is 0. The van der Waals surface area contributed by atoms with Gasteiger partial charge in [-0.05, 0) is 37.0 Å². The Balaban J connectivity index is 0.00000112. The van der Waals surface area contributed by atoms with Gasteiger partial charge in [0.15, 0.2) is 5.78 Å². The molecule has 4 nitrogen and oxygen atoms in total. The maximum atomic E-state index is 11.4. The molecule has 76 valence electrons. The van der Waals surface area contributed by atoms with E-state index >= 15 is 0 Å². The molecule has 0 aromatic heterocycles. The largest absolute Gasteiger partial charge is 1.00 e. The van der Waals surface area contributed by atoms with Crippen molar-refractivity contribution in [3.8, 4) is 0 Å². The minimum absolute atomic E-state index is 0. The Morgan fingerprint density at radius 1 is 1.60 bits per heavy atom. The summed E-state index contributed by atoms with van der Waals surface area (Å²) in [6, 6.07) is 0. The first-order valence-corrected chi connectivity index (χ1v) is 4.76. The maximum Gasteiger partial charge on any atom is 1.00 e. The van der Waals surface area contributed by atoms with Crippen molar-refractivity contribution in [1.29, 1.82) is 0 Å². The van der Waals surface area contributed by atoms with Crippen LogP contribution in [0.1, 0.15) is 19.8 Å². The van der Waals surface area contributed by atoms with Crippen LogP contribution in [0.3, 0.4) is 0 Å².